The average Bonchev–Trinajstić information content (AvgIpc) is 2.68. The maximum atomic E-state index is 13.2. The lowest BCUT2D eigenvalue weighted by molar-refractivity contribution is -0.384. The van der Waals surface area contributed by atoms with Crippen molar-refractivity contribution in [1.29, 1.82) is 0 Å². The highest BCUT2D eigenvalue weighted by molar-refractivity contribution is 5.99. The zero-order valence-electron chi connectivity index (χ0n) is 14.7. The van der Waals surface area contributed by atoms with Gasteiger partial charge in [-0.15, -0.1) is 0 Å². The van der Waals surface area contributed by atoms with Crippen molar-refractivity contribution >= 4 is 23.1 Å². The molecule has 0 amide bonds. The monoisotopic (exact) mass is 394 g/mol. The van der Waals surface area contributed by atoms with Gasteiger partial charge in [-0.3, -0.25) is 14.9 Å². The minimum Gasteiger partial charge on any atom is -0.454 e. The predicted octanol–water partition coefficient (Wildman–Crippen LogP) is 2.97. The molecule has 0 bridgehead atoms. The first-order chi connectivity index (χ1) is 13.3. The topological polar surface area (TPSA) is 108 Å². The first-order valence-electron chi connectivity index (χ1n) is 8.00. The van der Waals surface area contributed by atoms with Crippen LogP contribution in [0.3, 0.4) is 0 Å². The number of ether oxygens (including phenoxy) is 2. The maximum Gasteiger partial charge on any atom is 0.338 e. The molecule has 0 spiro atoms. The average molecular weight is 394 g/mol. The minimum absolute atomic E-state index is 0.137. The number of benzene rings is 2. The molecule has 1 N–H and O–H groups in total. The zero-order chi connectivity index (χ0) is 20.7. The molecular weight excluding hydrogens is 378 g/mol. The van der Waals surface area contributed by atoms with E-state index in [9.17, 15) is 28.5 Å². The Kier molecular flexibility index (Phi) is 7.10. The van der Waals surface area contributed by atoms with Crippen LogP contribution in [-0.2, 0) is 9.47 Å². The van der Waals surface area contributed by atoms with Gasteiger partial charge in [-0.25, -0.2) is 13.6 Å². The van der Waals surface area contributed by atoms with Crippen LogP contribution in [0.2, 0.25) is 0 Å². The fraction of sp³-hybridized carbons (Fsp3) is 0.222. The molecule has 0 saturated carbocycles. The lowest BCUT2D eigenvalue weighted by atomic mass is 10.1. The molecule has 2 rings (SSSR count). The van der Waals surface area contributed by atoms with E-state index in [1.54, 1.807) is 0 Å². The molecule has 0 aliphatic rings. The third kappa shape index (κ3) is 5.30. The van der Waals surface area contributed by atoms with Gasteiger partial charge >= 0.3 is 5.97 Å². The van der Waals surface area contributed by atoms with Crippen LogP contribution >= 0.6 is 0 Å². The van der Waals surface area contributed by atoms with Gasteiger partial charge in [-0.05, 0) is 30.3 Å². The van der Waals surface area contributed by atoms with E-state index in [-0.39, 0.29) is 22.5 Å². The normalized spacial score (nSPS) is 10.4. The van der Waals surface area contributed by atoms with E-state index in [0.717, 1.165) is 18.2 Å². The summed E-state index contributed by atoms with van der Waals surface area (Å²) in [6.45, 7) is -0.0809. The second-order valence-corrected chi connectivity index (χ2v) is 5.54. The number of nitrogens with zero attached hydrogens (tertiary/aromatic N) is 1. The molecule has 2 aromatic carbocycles. The van der Waals surface area contributed by atoms with Crippen molar-refractivity contribution in [3.63, 3.8) is 0 Å². The van der Waals surface area contributed by atoms with Crippen molar-refractivity contribution in [3.05, 3.63) is 69.3 Å². The van der Waals surface area contributed by atoms with Gasteiger partial charge in [-0.2, -0.15) is 0 Å². The van der Waals surface area contributed by atoms with Gasteiger partial charge < -0.3 is 14.8 Å². The van der Waals surface area contributed by atoms with Crippen LogP contribution < -0.4 is 5.32 Å². The Hall–Kier alpha value is -3.40. The number of rotatable bonds is 9. The Morgan fingerprint density at radius 3 is 2.46 bits per heavy atom. The number of halogens is 2. The van der Waals surface area contributed by atoms with E-state index >= 15 is 0 Å². The molecule has 0 atom stereocenters. The molecule has 8 nitrogen and oxygen atoms in total. The smallest absolute Gasteiger partial charge is 0.338 e. The number of anilines is 1. The highest BCUT2D eigenvalue weighted by Crippen LogP contribution is 2.25. The van der Waals surface area contributed by atoms with E-state index in [1.807, 2.05) is 0 Å². The van der Waals surface area contributed by atoms with E-state index in [1.165, 1.54) is 19.2 Å². The molecule has 0 aliphatic heterocycles. The molecular formula is C18H16F2N2O6. The molecule has 28 heavy (non-hydrogen) atoms. The Bertz CT molecular complexity index is 904. The summed E-state index contributed by atoms with van der Waals surface area (Å²) < 4.78 is 35.7. The van der Waals surface area contributed by atoms with Crippen LogP contribution in [0.4, 0.5) is 20.2 Å². The van der Waals surface area contributed by atoms with Crippen LogP contribution in [0.25, 0.3) is 0 Å². The molecule has 0 radical (unpaired) electrons. The number of ketones is 1. The van der Waals surface area contributed by atoms with Gasteiger partial charge in [0.25, 0.3) is 5.69 Å². The van der Waals surface area contributed by atoms with Gasteiger partial charge in [0, 0.05) is 25.3 Å². The number of esters is 1. The molecule has 0 aliphatic carbocycles. The maximum absolute atomic E-state index is 13.2. The molecule has 0 aromatic heterocycles. The largest absolute Gasteiger partial charge is 0.454 e. The second kappa shape index (κ2) is 9.51. The second-order valence-electron chi connectivity index (χ2n) is 5.54. The van der Waals surface area contributed by atoms with Crippen LogP contribution in [0.1, 0.15) is 20.7 Å². The highest BCUT2D eigenvalue weighted by atomic mass is 19.2. The summed E-state index contributed by atoms with van der Waals surface area (Å²) in [6.07, 6.45) is 0. The standard InChI is InChI=1S/C18H16F2N2O6/c1-27-7-6-21-15-5-3-12(9-16(15)22(25)26)18(24)28-10-17(23)11-2-4-13(19)14(20)8-11/h2-5,8-9,21H,6-7,10H2,1H3. The summed E-state index contributed by atoms with van der Waals surface area (Å²) in [6, 6.07) is 6.17. The molecule has 0 unspecified atom stereocenters. The summed E-state index contributed by atoms with van der Waals surface area (Å²) in [5, 5.41) is 14.0. The summed E-state index contributed by atoms with van der Waals surface area (Å²) in [4.78, 5) is 34.5. The number of Topliss-reactive ketones (excluding diaryl/α,β-unsaturated/α-hetero) is 1. The van der Waals surface area contributed by atoms with Gasteiger partial charge in [0.1, 0.15) is 5.69 Å². The molecule has 10 heteroatoms. The van der Waals surface area contributed by atoms with E-state index in [4.69, 9.17) is 9.47 Å². The van der Waals surface area contributed by atoms with E-state index in [0.29, 0.717) is 19.2 Å². The van der Waals surface area contributed by atoms with Crippen LogP contribution in [0.5, 0.6) is 0 Å². The van der Waals surface area contributed by atoms with Gasteiger partial charge in [0.05, 0.1) is 17.1 Å². The van der Waals surface area contributed by atoms with Crippen molar-refractivity contribution in [1.82, 2.24) is 0 Å². The Morgan fingerprint density at radius 1 is 1.11 bits per heavy atom. The lowest BCUT2D eigenvalue weighted by Crippen LogP contribution is -2.15. The van der Waals surface area contributed by atoms with Crippen molar-refractivity contribution < 1.29 is 32.8 Å². The van der Waals surface area contributed by atoms with Crippen molar-refractivity contribution in [2.45, 2.75) is 0 Å². The minimum atomic E-state index is -1.20. The fourth-order valence-corrected chi connectivity index (χ4v) is 2.21. The van der Waals surface area contributed by atoms with Gasteiger partial charge in [-0.1, -0.05) is 0 Å². The number of methoxy groups -OCH3 is 1. The van der Waals surface area contributed by atoms with E-state index in [2.05, 4.69) is 5.32 Å². The summed E-state index contributed by atoms with van der Waals surface area (Å²) in [5.74, 6) is -4.04. The number of carbonyl (C=O) groups is 2. The van der Waals surface area contributed by atoms with E-state index < -0.39 is 34.9 Å². The summed E-state index contributed by atoms with van der Waals surface area (Å²) in [7, 11) is 1.48. The Balaban J connectivity index is 2.06. The van der Waals surface area contributed by atoms with Crippen LogP contribution in [0.15, 0.2) is 36.4 Å². The third-order valence-corrected chi connectivity index (χ3v) is 3.63. The quantitative estimate of drug-likeness (QED) is 0.229. The molecule has 2 aromatic rings. The van der Waals surface area contributed by atoms with Crippen molar-refractivity contribution in [2.75, 3.05) is 32.2 Å². The first kappa shape index (κ1) is 20.9. The molecule has 0 saturated heterocycles. The summed E-state index contributed by atoms with van der Waals surface area (Å²) >= 11 is 0. The van der Waals surface area contributed by atoms with Gasteiger partial charge in [0.2, 0.25) is 0 Å². The number of nitrogens with one attached hydrogen (secondary N) is 1. The molecule has 0 heterocycles. The number of nitro groups is 1. The molecule has 0 fully saturated rings. The number of carbonyl (C=O) groups excluding carboxylic acids is 2. The number of hydrogen-bond acceptors (Lipinski definition) is 7. The van der Waals surface area contributed by atoms with Crippen LogP contribution in [-0.4, -0.2) is 43.5 Å². The number of hydrogen-bond donors (Lipinski definition) is 1. The van der Waals surface area contributed by atoms with Gasteiger partial charge in [0.15, 0.2) is 24.0 Å². The number of nitro benzene ring substituents is 1. The predicted molar refractivity (Wildman–Crippen MR) is 94.4 cm³/mol. The molecule has 148 valence electrons. The first-order valence-corrected chi connectivity index (χ1v) is 8.00. The Morgan fingerprint density at radius 2 is 1.82 bits per heavy atom. The SMILES string of the molecule is COCCNc1ccc(C(=O)OCC(=O)c2ccc(F)c(F)c2)cc1[N+](=O)[O-]. The zero-order valence-corrected chi connectivity index (χ0v) is 14.7. The highest BCUT2D eigenvalue weighted by Gasteiger charge is 2.19. The third-order valence-electron chi connectivity index (χ3n) is 3.63. The van der Waals surface area contributed by atoms with Crippen molar-refractivity contribution in [2.24, 2.45) is 0 Å². The van der Waals surface area contributed by atoms with Crippen LogP contribution in [0, 0.1) is 21.7 Å². The van der Waals surface area contributed by atoms with Crippen molar-refractivity contribution in [3.8, 4) is 0 Å². The fourth-order valence-electron chi connectivity index (χ4n) is 2.21. The lowest BCUT2D eigenvalue weighted by Gasteiger charge is -2.08. The summed E-state index contributed by atoms with van der Waals surface area (Å²) in [5.41, 5.74) is -0.466. The Labute approximate surface area is 158 Å².